The lowest BCUT2D eigenvalue weighted by Gasteiger charge is -2.12. The van der Waals surface area contributed by atoms with Gasteiger partial charge in [0.1, 0.15) is 6.61 Å². The van der Waals surface area contributed by atoms with Crippen molar-refractivity contribution in [2.45, 2.75) is 39.8 Å². The third-order valence-electron chi connectivity index (χ3n) is 2.69. The normalized spacial score (nSPS) is 10.8. The molecule has 0 fully saturated rings. The monoisotopic (exact) mass is 269 g/mol. The number of hydrogen-bond acceptors (Lipinski definition) is 2. The predicted octanol–water partition coefficient (Wildman–Crippen LogP) is 3.81. The molecule has 0 amide bonds. The van der Waals surface area contributed by atoms with Gasteiger partial charge in [-0.1, -0.05) is 27.4 Å². The van der Waals surface area contributed by atoms with E-state index in [1.54, 1.807) is 0 Å². The molecule has 2 nitrogen and oxygen atoms in total. The minimum atomic E-state index is -0.676. The molecule has 0 aliphatic carbocycles. The quantitative estimate of drug-likeness (QED) is 0.760. The van der Waals surface area contributed by atoms with Gasteiger partial charge in [-0.25, -0.2) is 8.78 Å². The van der Waals surface area contributed by atoms with Crippen LogP contribution < -0.4 is 10.1 Å². The molecule has 1 aromatic carbocycles. The van der Waals surface area contributed by atoms with Crippen LogP contribution >= 0.6 is 0 Å². The molecular formula is C15H21F2NO. The Hall–Kier alpha value is -1.42. The fraction of sp³-hybridized carbons (Fsp3) is 0.467. The van der Waals surface area contributed by atoms with Crippen LogP contribution in [0.2, 0.25) is 0 Å². The molecule has 0 atom stereocenters. The second-order valence-electron chi connectivity index (χ2n) is 4.82. The Morgan fingerprint density at radius 1 is 1.32 bits per heavy atom. The Kier molecular flexibility index (Phi) is 5.96. The summed E-state index contributed by atoms with van der Waals surface area (Å²) in [4.78, 5) is 0. The summed E-state index contributed by atoms with van der Waals surface area (Å²) in [7, 11) is 0. The molecule has 0 bridgehead atoms. The van der Waals surface area contributed by atoms with Gasteiger partial charge in [0.2, 0.25) is 0 Å². The van der Waals surface area contributed by atoms with Gasteiger partial charge in [0, 0.05) is 12.6 Å². The van der Waals surface area contributed by atoms with Crippen molar-refractivity contribution < 1.29 is 13.5 Å². The lowest BCUT2D eigenvalue weighted by Crippen LogP contribution is -2.22. The SMILES string of the molecule is C=C(CC)COc1c(F)cc(CNC(C)C)cc1F. The maximum Gasteiger partial charge on any atom is 0.191 e. The van der Waals surface area contributed by atoms with Gasteiger partial charge < -0.3 is 10.1 Å². The van der Waals surface area contributed by atoms with E-state index in [4.69, 9.17) is 4.74 Å². The summed E-state index contributed by atoms with van der Waals surface area (Å²) in [6.45, 7) is 10.2. The second kappa shape index (κ2) is 7.24. The van der Waals surface area contributed by atoms with Crippen molar-refractivity contribution in [1.29, 1.82) is 0 Å². The number of halogens is 2. The maximum atomic E-state index is 13.8. The highest BCUT2D eigenvalue weighted by Crippen LogP contribution is 2.24. The topological polar surface area (TPSA) is 21.3 Å². The Bertz CT molecular complexity index is 421. The minimum absolute atomic E-state index is 0.133. The van der Waals surface area contributed by atoms with Crippen LogP contribution in [0, 0.1) is 11.6 Å². The van der Waals surface area contributed by atoms with Crippen molar-refractivity contribution in [2.75, 3.05) is 6.61 Å². The number of ether oxygens (including phenoxy) is 1. The molecule has 0 spiro atoms. The van der Waals surface area contributed by atoms with E-state index in [2.05, 4.69) is 11.9 Å². The van der Waals surface area contributed by atoms with Crippen LogP contribution in [0.5, 0.6) is 5.75 Å². The highest BCUT2D eigenvalue weighted by molar-refractivity contribution is 5.31. The van der Waals surface area contributed by atoms with E-state index < -0.39 is 11.6 Å². The summed E-state index contributed by atoms with van der Waals surface area (Å²) in [6, 6.07) is 2.85. The summed E-state index contributed by atoms with van der Waals surface area (Å²) in [5.41, 5.74) is 1.36. The Morgan fingerprint density at radius 3 is 2.37 bits per heavy atom. The van der Waals surface area contributed by atoms with Crippen molar-refractivity contribution in [3.63, 3.8) is 0 Å². The van der Waals surface area contributed by atoms with E-state index in [0.29, 0.717) is 12.1 Å². The lowest BCUT2D eigenvalue weighted by molar-refractivity contribution is 0.309. The largest absolute Gasteiger partial charge is 0.483 e. The van der Waals surface area contributed by atoms with E-state index in [-0.39, 0.29) is 18.4 Å². The zero-order valence-electron chi connectivity index (χ0n) is 11.7. The van der Waals surface area contributed by atoms with Crippen molar-refractivity contribution in [3.05, 3.63) is 41.5 Å². The molecule has 106 valence electrons. The second-order valence-corrected chi connectivity index (χ2v) is 4.82. The minimum Gasteiger partial charge on any atom is -0.483 e. The molecule has 0 heterocycles. The van der Waals surface area contributed by atoms with Crippen LogP contribution in [0.1, 0.15) is 32.8 Å². The summed E-state index contributed by atoms with van der Waals surface area (Å²) < 4.78 is 32.7. The fourth-order valence-corrected chi connectivity index (χ4v) is 1.45. The average Bonchev–Trinajstić information content (AvgIpc) is 2.34. The molecule has 0 aliphatic heterocycles. The number of rotatable bonds is 7. The number of hydrogen-bond donors (Lipinski definition) is 1. The Labute approximate surface area is 113 Å². The van der Waals surface area contributed by atoms with Gasteiger partial charge in [-0.15, -0.1) is 0 Å². The van der Waals surface area contributed by atoms with E-state index >= 15 is 0 Å². The van der Waals surface area contributed by atoms with Crippen LogP contribution in [-0.4, -0.2) is 12.6 Å². The highest BCUT2D eigenvalue weighted by atomic mass is 19.1. The molecular weight excluding hydrogens is 248 g/mol. The van der Waals surface area contributed by atoms with Gasteiger partial charge in [-0.3, -0.25) is 0 Å². The van der Waals surface area contributed by atoms with Crippen LogP contribution in [0.3, 0.4) is 0 Å². The average molecular weight is 269 g/mol. The molecule has 1 aromatic rings. The molecule has 1 rings (SSSR count). The molecule has 0 saturated heterocycles. The van der Waals surface area contributed by atoms with Crippen molar-refractivity contribution >= 4 is 0 Å². The zero-order chi connectivity index (χ0) is 14.4. The van der Waals surface area contributed by atoms with Gasteiger partial charge in [-0.2, -0.15) is 0 Å². The molecule has 0 aromatic heterocycles. The van der Waals surface area contributed by atoms with Gasteiger partial charge in [0.15, 0.2) is 17.4 Å². The lowest BCUT2D eigenvalue weighted by atomic mass is 10.2. The van der Waals surface area contributed by atoms with Gasteiger partial charge in [0.05, 0.1) is 0 Å². The van der Waals surface area contributed by atoms with Crippen LogP contribution in [0.15, 0.2) is 24.3 Å². The third kappa shape index (κ3) is 4.99. The van der Waals surface area contributed by atoms with E-state index in [9.17, 15) is 8.78 Å². The van der Waals surface area contributed by atoms with Gasteiger partial charge in [-0.05, 0) is 29.7 Å². The maximum absolute atomic E-state index is 13.8. The Balaban J connectivity index is 2.76. The van der Waals surface area contributed by atoms with Crippen molar-refractivity contribution in [1.82, 2.24) is 5.32 Å². The molecule has 0 saturated carbocycles. The molecule has 1 N–H and O–H groups in total. The van der Waals surface area contributed by atoms with Gasteiger partial charge in [0.25, 0.3) is 0 Å². The third-order valence-corrected chi connectivity index (χ3v) is 2.69. The fourth-order valence-electron chi connectivity index (χ4n) is 1.45. The summed E-state index contributed by atoms with van der Waals surface area (Å²) in [5.74, 6) is -1.68. The first kappa shape index (κ1) is 15.6. The molecule has 0 radical (unpaired) electrons. The van der Waals surface area contributed by atoms with E-state index in [1.165, 1.54) is 12.1 Å². The first-order valence-corrected chi connectivity index (χ1v) is 6.44. The first-order chi connectivity index (χ1) is 8.93. The van der Waals surface area contributed by atoms with Crippen molar-refractivity contribution in [2.24, 2.45) is 0 Å². The molecule has 4 heteroatoms. The smallest absolute Gasteiger partial charge is 0.191 e. The van der Waals surface area contributed by atoms with Crippen molar-refractivity contribution in [3.8, 4) is 5.75 Å². The molecule has 0 aliphatic rings. The number of nitrogens with one attached hydrogen (secondary N) is 1. The summed E-state index contributed by atoms with van der Waals surface area (Å²) in [5, 5.41) is 3.11. The van der Waals surface area contributed by atoms with Crippen LogP contribution in [-0.2, 0) is 6.54 Å². The molecule has 0 unspecified atom stereocenters. The van der Waals surface area contributed by atoms with Crippen LogP contribution in [0.4, 0.5) is 8.78 Å². The number of benzene rings is 1. The highest BCUT2D eigenvalue weighted by Gasteiger charge is 2.13. The molecule has 19 heavy (non-hydrogen) atoms. The summed E-state index contributed by atoms with van der Waals surface area (Å²) >= 11 is 0. The zero-order valence-corrected chi connectivity index (χ0v) is 11.7. The predicted molar refractivity (Wildman–Crippen MR) is 73.3 cm³/mol. The first-order valence-electron chi connectivity index (χ1n) is 6.44. The van der Waals surface area contributed by atoms with Gasteiger partial charge >= 0.3 is 0 Å². The van der Waals surface area contributed by atoms with E-state index in [0.717, 1.165) is 12.0 Å². The standard InChI is InChI=1S/C15H21F2NO/c1-5-11(4)9-19-15-13(16)6-12(7-14(15)17)8-18-10(2)3/h6-7,10,18H,4-5,8-9H2,1-3H3. The Morgan fingerprint density at radius 2 is 1.89 bits per heavy atom. The van der Waals surface area contributed by atoms with E-state index in [1.807, 2.05) is 20.8 Å². The summed E-state index contributed by atoms with van der Waals surface area (Å²) in [6.07, 6.45) is 0.722. The van der Waals surface area contributed by atoms with Crippen LogP contribution in [0.25, 0.3) is 0 Å².